The summed E-state index contributed by atoms with van der Waals surface area (Å²) in [5.41, 5.74) is 0.399. The van der Waals surface area contributed by atoms with Gasteiger partial charge in [-0.05, 0) is 25.0 Å². The van der Waals surface area contributed by atoms with E-state index in [1.807, 2.05) is 0 Å². The fraction of sp³-hybridized carbons (Fsp3) is 0.312. The van der Waals surface area contributed by atoms with Crippen molar-refractivity contribution >= 4 is 11.5 Å². The molecule has 2 aromatic rings. The van der Waals surface area contributed by atoms with Gasteiger partial charge in [0.1, 0.15) is 5.60 Å². The molecule has 0 bridgehead atoms. The van der Waals surface area contributed by atoms with Crippen molar-refractivity contribution in [3.8, 4) is 0 Å². The highest BCUT2D eigenvalue weighted by Crippen LogP contribution is 2.21. The van der Waals surface area contributed by atoms with Gasteiger partial charge < -0.3 is 5.11 Å². The first kappa shape index (κ1) is 15.9. The molecular weight excluding hydrogens is 285 g/mol. The van der Waals surface area contributed by atoms with Crippen LogP contribution in [0.2, 0.25) is 0 Å². The first-order valence-corrected chi connectivity index (χ1v) is 6.73. The zero-order valence-electron chi connectivity index (χ0n) is 12.4. The number of carbonyl (C=O) groups excluding carboxylic acids is 1. The summed E-state index contributed by atoms with van der Waals surface area (Å²) in [7, 11) is 0. The fourth-order valence-corrected chi connectivity index (χ4v) is 2.16. The molecule has 0 radical (unpaired) electrons. The van der Waals surface area contributed by atoms with Gasteiger partial charge in [0.05, 0.1) is 13.1 Å². The number of nitrogens with zero attached hydrogens (tertiary/aromatic N) is 3. The average Bonchev–Trinajstić information content (AvgIpc) is 2.83. The van der Waals surface area contributed by atoms with Crippen LogP contribution in [0.25, 0.3) is 4.85 Å². The third-order valence-corrected chi connectivity index (χ3v) is 3.43. The van der Waals surface area contributed by atoms with Gasteiger partial charge in [-0.3, -0.25) is 9.48 Å². The molecule has 1 aromatic carbocycles. The Kier molecular flexibility index (Phi) is 4.38. The van der Waals surface area contributed by atoms with Crippen LogP contribution in [-0.4, -0.2) is 26.3 Å². The van der Waals surface area contributed by atoms with Gasteiger partial charge in [0.15, 0.2) is 11.5 Å². The maximum Gasteiger partial charge on any atom is 0.232 e. The van der Waals surface area contributed by atoms with E-state index in [1.54, 1.807) is 25.1 Å². The SMILES string of the molecule is [C-]#[N+]c1ccc(CC(=O)[C@@](C)(O)Cn2ccc(F)n2)cc1C. The van der Waals surface area contributed by atoms with Crippen molar-refractivity contribution in [3.05, 3.63) is 59.0 Å². The van der Waals surface area contributed by atoms with Gasteiger partial charge in [0, 0.05) is 18.7 Å². The summed E-state index contributed by atoms with van der Waals surface area (Å²) in [6, 6.07) is 6.27. The lowest BCUT2D eigenvalue weighted by atomic mass is 9.94. The number of aliphatic hydroxyl groups is 1. The van der Waals surface area contributed by atoms with Gasteiger partial charge in [-0.15, -0.1) is 5.10 Å². The molecular formula is C16H16FN3O2. The largest absolute Gasteiger partial charge is 0.380 e. The topological polar surface area (TPSA) is 59.5 Å². The molecule has 1 heterocycles. The van der Waals surface area contributed by atoms with Crippen molar-refractivity contribution in [2.75, 3.05) is 0 Å². The summed E-state index contributed by atoms with van der Waals surface area (Å²) in [5, 5.41) is 13.8. The maximum atomic E-state index is 12.8. The molecule has 0 fully saturated rings. The molecule has 5 nitrogen and oxygen atoms in total. The van der Waals surface area contributed by atoms with Gasteiger partial charge in [-0.1, -0.05) is 18.2 Å². The number of Topliss-reactive ketones (excluding diaryl/α,β-unsaturated/α-hetero) is 1. The van der Waals surface area contributed by atoms with Gasteiger partial charge in [-0.25, -0.2) is 4.85 Å². The Balaban J connectivity index is 2.10. The average molecular weight is 301 g/mol. The molecule has 114 valence electrons. The number of aromatic nitrogens is 2. The third kappa shape index (κ3) is 3.57. The van der Waals surface area contributed by atoms with Gasteiger partial charge >= 0.3 is 0 Å². The highest BCUT2D eigenvalue weighted by Gasteiger charge is 2.30. The Bertz CT molecular complexity index is 744. The van der Waals surface area contributed by atoms with E-state index < -0.39 is 17.3 Å². The smallest absolute Gasteiger partial charge is 0.232 e. The Morgan fingerprint density at radius 2 is 2.23 bits per heavy atom. The number of hydrogen-bond acceptors (Lipinski definition) is 3. The number of carbonyl (C=O) groups is 1. The molecule has 6 heteroatoms. The number of ketones is 1. The number of aryl methyl sites for hydroxylation is 1. The number of halogens is 1. The number of rotatable bonds is 5. The van der Waals surface area contributed by atoms with Crippen LogP contribution < -0.4 is 0 Å². The van der Waals surface area contributed by atoms with Crippen molar-refractivity contribution < 1.29 is 14.3 Å². The summed E-state index contributed by atoms with van der Waals surface area (Å²) in [5.74, 6) is -1.05. The van der Waals surface area contributed by atoms with Crippen LogP contribution in [0.4, 0.5) is 10.1 Å². The summed E-state index contributed by atoms with van der Waals surface area (Å²) in [6.45, 7) is 10.1. The molecule has 2 rings (SSSR count). The summed E-state index contributed by atoms with van der Waals surface area (Å²) in [6.07, 6.45) is 1.40. The molecule has 0 unspecified atom stereocenters. The molecule has 22 heavy (non-hydrogen) atoms. The molecule has 0 saturated carbocycles. The van der Waals surface area contributed by atoms with Crippen LogP contribution in [0.15, 0.2) is 30.5 Å². The van der Waals surface area contributed by atoms with E-state index in [0.29, 0.717) is 5.69 Å². The quantitative estimate of drug-likeness (QED) is 0.863. The lowest BCUT2D eigenvalue weighted by Gasteiger charge is -2.21. The lowest BCUT2D eigenvalue weighted by Crippen LogP contribution is -2.41. The fourth-order valence-electron chi connectivity index (χ4n) is 2.16. The minimum absolute atomic E-state index is 0.0376. The van der Waals surface area contributed by atoms with Crippen LogP contribution in [0.3, 0.4) is 0 Å². The molecule has 1 atom stereocenters. The Labute approximate surface area is 127 Å². The minimum Gasteiger partial charge on any atom is -0.380 e. The van der Waals surface area contributed by atoms with Crippen molar-refractivity contribution in [3.63, 3.8) is 0 Å². The number of hydrogen-bond donors (Lipinski definition) is 1. The minimum atomic E-state index is -1.65. The zero-order chi connectivity index (χ0) is 16.3. The van der Waals surface area contributed by atoms with Gasteiger partial charge in [0.2, 0.25) is 5.95 Å². The van der Waals surface area contributed by atoms with Gasteiger partial charge in [0.25, 0.3) is 0 Å². The molecule has 0 saturated heterocycles. The summed E-state index contributed by atoms with van der Waals surface area (Å²) < 4.78 is 14.0. The molecule has 0 aliphatic rings. The Morgan fingerprint density at radius 3 is 2.77 bits per heavy atom. The Hall–Kier alpha value is -2.52. The van der Waals surface area contributed by atoms with E-state index in [2.05, 4.69) is 9.94 Å². The summed E-state index contributed by atoms with van der Waals surface area (Å²) >= 11 is 0. The molecule has 0 spiro atoms. The maximum absolute atomic E-state index is 12.8. The van der Waals surface area contributed by atoms with Crippen LogP contribution in [0, 0.1) is 19.4 Å². The highest BCUT2D eigenvalue weighted by atomic mass is 19.1. The predicted molar refractivity (Wildman–Crippen MR) is 79.0 cm³/mol. The molecule has 0 aliphatic carbocycles. The van der Waals surface area contributed by atoms with Crippen molar-refractivity contribution in [1.82, 2.24) is 9.78 Å². The monoisotopic (exact) mass is 301 g/mol. The van der Waals surface area contributed by atoms with E-state index in [0.717, 1.165) is 17.2 Å². The Morgan fingerprint density at radius 1 is 1.50 bits per heavy atom. The van der Waals surface area contributed by atoms with Crippen molar-refractivity contribution in [2.45, 2.75) is 32.4 Å². The molecule has 1 aromatic heterocycles. The normalized spacial score (nSPS) is 13.4. The molecule has 1 N–H and O–H groups in total. The van der Waals surface area contributed by atoms with E-state index >= 15 is 0 Å². The molecule has 0 amide bonds. The molecule has 0 aliphatic heterocycles. The van der Waals surface area contributed by atoms with Crippen LogP contribution in [0.5, 0.6) is 0 Å². The second-order valence-electron chi connectivity index (χ2n) is 5.44. The third-order valence-electron chi connectivity index (χ3n) is 3.43. The second kappa shape index (κ2) is 6.08. The highest BCUT2D eigenvalue weighted by molar-refractivity contribution is 5.88. The predicted octanol–water partition coefficient (Wildman–Crippen LogP) is 2.44. The van der Waals surface area contributed by atoms with Crippen molar-refractivity contribution in [2.24, 2.45) is 0 Å². The van der Waals surface area contributed by atoms with E-state index in [9.17, 15) is 14.3 Å². The first-order valence-electron chi connectivity index (χ1n) is 6.73. The lowest BCUT2D eigenvalue weighted by molar-refractivity contribution is -0.136. The second-order valence-corrected chi connectivity index (χ2v) is 5.44. The van der Waals surface area contributed by atoms with E-state index in [-0.39, 0.29) is 13.0 Å². The van der Waals surface area contributed by atoms with E-state index in [1.165, 1.54) is 17.8 Å². The zero-order valence-corrected chi connectivity index (χ0v) is 12.4. The van der Waals surface area contributed by atoms with Gasteiger partial charge in [-0.2, -0.15) is 4.39 Å². The summed E-state index contributed by atoms with van der Waals surface area (Å²) in [4.78, 5) is 15.6. The van der Waals surface area contributed by atoms with Crippen LogP contribution >= 0.6 is 0 Å². The van der Waals surface area contributed by atoms with Crippen LogP contribution in [0.1, 0.15) is 18.1 Å². The van der Waals surface area contributed by atoms with E-state index in [4.69, 9.17) is 6.57 Å². The first-order chi connectivity index (χ1) is 10.3. The van der Waals surface area contributed by atoms with Crippen LogP contribution in [-0.2, 0) is 17.8 Å². The number of benzene rings is 1. The standard InChI is InChI=1S/C16H16FN3O2/c1-11-8-12(4-5-13(11)18-3)9-14(21)16(2,22)10-20-7-6-15(17)19-20/h4-8,22H,9-10H2,1-2H3/t16-/m0/s1. The van der Waals surface area contributed by atoms with Crippen molar-refractivity contribution in [1.29, 1.82) is 0 Å².